The molecule has 2 rings (SSSR count). The fraction of sp³-hybridized carbons (Fsp3) is 0.500. The van der Waals surface area contributed by atoms with E-state index in [0.717, 1.165) is 5.92 Å². The molecule has 1 aliphatic rings. The van der Waals surface area contributed by atoms with Crippen LogP contribution in [-0.4, -0.2) is 6.61 Å². The van der Waals surface area contributed by atoms with E-state index in [0.29, 0.717) is 23.8 Å². The molecule has 0 spiro atoms. The molecule has 22 heavy (non-hydrogen) atoms. The molecule has 0 atom stereocenters. The molecule has 1 aliphatic carbocycles. The summed E-state index contributed by atoms with van der Waals surface area (Å²) in [6, 6.07) is 4.82. The number of hydrogen-bond acceptors (Lipinski definition) is 1. The zero-order valence-electron chi connectivity index (χ0n) is 13.6. The van der Waals surface area contributed by atoms with Gasteiger partial charge in [-0.05, 0) is 62.7 Å². The Morgan fingerprint density at radius 2 is 2.00 bits per heavy atom. The van der Waals surface area contributed by atoms with E-state index in [4.69, 9.17) is 4.74 Å². The van der Waals surface area contributed by atoms with Gasteiger partial charge in [-0.25, -0.2) is 4.39 Å². The molecule has 0 radical (unpaired) electrons. The number of allylic oxidation sites excluding steroid dienone is 2. The van der Waals surface area contributed by atoms with Crippen LogP contribution in [0.3, 0.4) is 0 Å². The maximum absolute atomic E-state index is 13.8. The molecule has 1 aromatic carbocycles. The summed E-state index contributed by atoms with van der Waals surface area (Å²) in [5.74, 6) is 7.61. The number of halogens is 1. The van der Waals surface area contributed by atoms with Crippen LogP contribution in [0, 0.1) is 29.5 Å². The maximum atomic E-state index is 13.8. The van der Waals surface area contributed by atoms with Crippen LogP contribution in [-0.2, 0) is 0 Å². The third-order valence-corrected chi connectivity index (χ3v) is 4.38. The number of ether oxygens (including phenoxy) is 1. The van der Waals surface area contributed by atoms with Crippen molar-refractivity contribution < 1.29 is 9.13 Å². The van der Waals surface area contributed by atoms with Crippen LogP contribution in [0.1, 0.15) is 51.5 Å². The van der Waals surface area contributed by atoms with Crippen LogP contribution in [0.25, 0.3) is 0 Å². The quantitative estimate of drug-likeness (QED) is 0.681. The van der Waals surface area contributed by atoms with Gasteiger partial charge in [0.15, 0.2) is 0 Å². The molecular weight excluding hydrogens is 275 g/mol. The molecule has 0 heterocycles. The average molecular weight is 300 g/mol. The van der Waals surface area contributed by atoms with Crippen LogP contribution in [0.2, 0.25) is 0 Å². The van der Waals surface area contributed by atoms with Gasteiger partial charge in [0.2, 0.25) is 0 Å². The summed E-state index contributed by atoms with van der Waals surface area (Å²) in [4.78, 5) is 0. The first-order valence-corrected chi connectivity index (χ1v) is 8.33. The van der Waals surface area contributed by atoms with E-state index in [2.05, 4.69) is 24.8 Å². The Labute approximate surface area is 133 Å². The smallest absolute Gasteiger partial charge is 0.142 e. The average Bonchev–Trinajstić information content (AvgIpc) is 2.54. The van der Waals surface area contributed by atoms with Crippen LogP contribution < -0.4 is 4.74 Å². The summed E-state index contributed by atoms with van der Waals surface area (Å²) in [7, 11) is 0. The van der Waals surface area contributed by atoms with Crippen molar-refractivity contribution in [3.05, 3.63) is 41.7 Å². The molecule has 0 aliphatic heterocycles. The van der Waals surface area contributed by atoms with Crippen molar-refractivity contribution in [1.82, 2.24) is 0 Å². The number of benzene rings is 1. The second-order valence-electron chi connectivity index (χ2n) is 5.89. The lowest BCUT2D eigenvalue weighted by atomic mass is 9.81. The van der Waals surface area contributed by atoms with E-state index in [-0.39, 0.29) is 5.82 Å². The van der Waals surface area contributed by atoms with Gasteiger partial charge in [0.25, 0.3) is 0 Å². The molecule has 0 saturated heterocycles. The summed E-state index contributed by atoms with van der Waals surface area (Å²) in [5, 5.41) is 0. The van der Waals surface area contributed by atoms with Crippen molar-refractivity contribution in [3.8, 4) is 17.6 Å². The highest BCUT2D eigenvalue weighted by Gasteiger charge is 2.17. The zero-order chi connectivity index (χ0) is 15.8. The minimum absolute atomic E-state index is 0.324. The SMILES string of the molecule is CCOc1ccc(C#CC=CC2CCC(CC)CC2)c(F)c1. The fourth-order valence-electron chi connectivity index (χ4n) is 2.95. The second-order valence-corrected chi connectivity index (χ2v) is 5.89. The Kier molecular flexibility index (Phi) is 6.52. The Balaban J connectivity index is 1.89. The molecule has 1 aromatic rings. The molecule has 0 bridgehead atoms. The summed E-state index contributed by atoms with van der Waals surface area (Å²) in [6.07, 6.45) is 10.5. The predicted molar refractivity (Wildman–Crippen MR) is 89.3 cm³/mol. The molecule has 1 nitrogen and oxygen atoms in total. The van der Waals surface area contributed by atoms with Gasteiger partial charge in [-0.2, -0.15) is 0 Å². The highest BCUT2D eigenvalue weighted by Crippen LogP contribution is 2.31. The Morgan fingerprint density at radius 1 is 1.23 bits per heavy atom. The zero-order valence-corrected chi connectivity index (χ0v) is 13.6. The normalized spacial score (nSPS) is 21.4. The highest BCUT2D eigenvalue weighted by atomic mass is 19.1. The van der Waals surface area contributed by atoms with Crippen LogP contribution in [0.4, 0.5) is 4.39 Å². The lowest BCUT2D eigenvalue weighted by Gasteiger charge is -2.25. The van der Waals surface area contributed by atoms with Gasteiger partial charge >= 0.3 is 0 Å². The largest absolute Gasteiger partial charge is 0.494 e. The lowest BCUT2D eigenvalue weighted by molar-refractivity contribution is 0.304. The number of rotatable bonds is 4. The molecule has 0 aromatic heterocycles. The van der Waals surface area contributed by atoms with Crippen LogP contribution in [0.15, 0.2) is 30.4 Å². The molecule has 2 heteroatoms. The van der Waals surface area contributed by atoms with Gasteiger partial charge in [-0.1, -0.05) is 31.3 Å². The minimum atomic E-state index is -0.324. The molecule has 0 unspecified atom stereocenters. The van der Waals surface area contributed by atoms with Crippen molar-refractivity contribution >= 4 is 0 Å². The van der Waals surface area contributed by atoms with E-state index in [1.54, 1.807) is 12.1 Å². The first kappa shape index (κ1) is 16.6. The Morgan fingerprint density at radius 3 is 2.64 bits per heavy atom. The van der Waals surface area contributed by atoms with Gasteiger partial charge in [-0.15, -0.1) is 0 Å². The van der Waals surface area contributed by atoms with E-state index in [9.17, 15) is 4.39 Å². The molecule has 1 fully saturated rings. The molecule has 0 amide bonds. The maximum Gasteiger partial charge on any atom is 0.142 e. The van der Waals surface area contributed by atoms with Crippen molar-refractivity contribution in [1.29, 1.82) is 0 Å². The molecule has 0 N–H and O–H groups in total. The van der Waals surface area contributed by atoms with Gasteiger partial charge in [-0.3, -0.25) is 0 Å². The van der Waals surface area contributed by atoms with E-state index in [1.165, 1.54) is 38.2 Å². The van der Waals surface area contributed by atoms with Crippen molar-refractivity contribution in [2.24, 2.45) is 11.8 Å². The summed E-state index contributed by atoms with van der Waals surface area (Å²) in [6.45, 7) is 4.69. The van der Waals surface area contributed by atoms with Crippen molar-refractivity contribution in [2.75, 3.05) is 6.61 Å². The first-order chi connectivity index (χ1) is 10.7. The second kappa shape index (κ2) is 8.63. The topological polar surface area (TPSA) is 9.23 Å². The third kappa shape index (κ3) is 4.91. The summed E-state index contributed by atoms with van der Waals surface area (Å²) >= 11 is 0. The van der Waals surface area contributed by atoms with Crippen LogP contribution in [0.5, 0.6) is 5.75 Å². The monoisotopic (exact) mass is 300 g/mol. The van der Waals surface area contributed by atoms with E-state index >= 15 is 0 Å². The molecule has 118 valence electrons. The van der Waals surface area contributed by atoms with Gasteiger partial charge in [0.05, 0.1) is 12.2 Å². The lowest BCUT2D eigenvalue weighted by Crippen LogP contribution is -2.11. The molecular formula is C20H25FO. The number of hydrogen-bond donors (Lipinski definition) is 0. The predicted octanol–water partition coefficient (Wildman–Crippen LogP) is 5.35. The first-order valence-electron chi connectivity index (χ1n) is 8.33. The van der Waals surface area contributed by atoms with E-state index < -0.39 is 0 Å². The third-order valence-electron chi connectivity index (χ3n) is 4.38. The van der Waals surface area contributed by atoms with E-state index in [1.807, 2.05) is 13.0 Å². The van der Waals surface area contributed by atoms with Gasteiger partial charge in [0, 0.05) is 6.07 Å². The van der Waals surface area contributed by atoms with Crippen molar-refractivity contribution in [2.45, 2.75) is 46.0 Å². The van der Waals surface area contributed by atoms with Crippen LogP contribution >= 0.6 is 0 Å². The Hall–Kier alpha value is -1.75. The Bertz CT molecular complexity index is 557. The van der Waals surface area contributed by atoms with Gasteiger partial charge < -0.3 is 4.74 Å². The highest BCUT2D eigenvalue weighted by molar-refractivity contribution is 5.41. The fourth-order valence-corrected chi connectivity index (χ4v) is 2.95. The van der Waals surface area contributed by atoms with Crippen molar-refractivity contribution in [3.63, 3.8) is 0 Å². The summed E-state index contributed by atoms with van der Waals surface area (Å²) < 4.78 is 19.1. The molecule has 1 saturated carbocycles. The summed E-state index contributed by atoms with van der Waals surface area (Å²) in [5.41, 5.74) is 0.419. The minimum Gasteiger partial charge on any atom is -0.494 e. The van der Waals surface area contributed by atoms with Gasteiger partial charge in [0.1, 0.15) is 11.6 Å². The standard InChI is InChI=1S/C20H25FO/c1-3-16-9-11-17(12-10-16)7-5-6-8-18-13-14-19(22-4-2)15-20(18)21/h5,7,13-17H,3-4,9-12H2,1-2H3.